The number of aromatic nitrogens is 1. The second-order valence-electron chi connectivity index (χ2n) is 8.31. The Morgan fingerprint density at radius 1 is 0.938 bits per heavy atom. The van der Waals surface area contributed by atoms with Crippen LogP contribution in [0.4, 0.5) is 0 Å². The standard InChI is InChI=1S/C28H29ClN2O/c1-2-17-31(21-23-3-4-23)18-19-32-28-15-6-22(7-16-28)5-13-27-14-10-25(20-30-27)24-8-11-26(29)12-9-24/h6-12,14-16,20,23H,2-4,17-19,21H2,1H3. The summed E-state index contributed by atoms with van der Waals surface area (Å²) in [5.41, 5.74) is 3.82. The highest BCUT2D eigenvalue weighted by atomic mass is 35.5. The largest absolute Gasteiger partial charge is 0.492 e. The molecule has 1 heterocycles. The normalized spacial score (nSPS) is 13.0. The zero-order valence-corrected chi connectivity index (χ0v) is 19.3. The van der Waals surface area contributed by atoms with E-state index in [1.807, 2.05) is 66.9 Å². The summed E-state index contributed by atoms with van der Waals surface area (Å²) in [5.74, 6) is 8.13. The van der Waals surface area contributed by atoms with Gasteiger partial charge < -0.3 is 4.74 Å². The number of hydrogen-bond acceptors (Lipinski definition) is 3. The highest BCUT2D eigenvalue weighted by Gasteiger charge is 2.23. The molecule has 3 aromatic rings. The number of ether oxygens (including phenoxy) is 1. The van der Waals surface area contributed by atoms with Crippen LogP contribution < -0.4 is 4.74 Å². The summed E-state index contributed by atoms with van der Waals surface area (Å²) >= 11 is 5.96. The minimum atomic E-state index is 0.724. The van der Waals surface area contributed by atoms with Gasteiger partial charge in [0.2, 0.25) is 0 Å². The Hall–Kier alpha value is -2.80. The first-order valence-electron chi connectivity index (χ1n) is 11.4. The Bertz CT molecular complexity index is 1050. The highest BCUT2D eigenvalue weighted by molar-refractivity contribution is 6.30. The lowest BCUT2D eigenvalue weighted by atomic mass is 10.1. The van der Waals surface area contributed by atoms with E-state index in [4.69, 9.17) is 16.3 Å². The summed E-state index contributed by atoms with van der Waals surface area (Å²) in [5, 5.41) is 0.729. The summed E-state index contributed by atoms with van der Waals surface area (Å²) in [6.07, 6.45) is 5.82. The first-order valence-corrected chi connectivity index (χ1v) is 11.8. The molecule has 164 valence electrons. The van der Waals surface area contributed by atoms with Crippen molar-refractivity contribution in [3.63, 3.8) is 0 Å². The van der Waals surface area contributed by atoms with Gasteiger partial charge in [0.15, 0.2) is 0 Å². The molecular weight excluding hydrogens is 416 g/mol. The van der Waals surface area contributed by atoms with Crippen molar-refractivity contribution in [3.8, 4) is 28.7 Å². The lowest BCUT2D eigenvalue weighted by Gasteiger charge is -2.21. The van der Waals surface area contributed by atoms with Gasteiger partial charge in [-0.3, -0.25) is 4.90 Å². The van der Waals surface area contributed by atoms with Crippen molar-refractivity contribution in [2.75, 3.05) is 26.2 Å². The van der Waals surface area contributed by atoms with Gasteiger partial charge in [-0.05, 0) is 85.7 Å². The lowest BCUT2D eigenvalue weighted by Crippen LogP contribution is -2.31. The van der Waals surface area contributed by atoms with Crippen molar-refractivity contribution in [1.29, 1.82) is 0 Å². The first kappa shape index (κ1) is 22.4. The zero-order chi connectivity index (χ0) is 22.2. The average Bonchev–Trinajstić information content (AvgIpc) is 3.64. The molecule has 0 atom stereocenters. The summed E-state index contributed by atoms with van der Waals surface area (Å²) in [6.45, 7) is 6.33. The third-order valence-corrected chi connectivity index (χ3v) is 5.81. The molecule has 0 unspecified atom stereocenters. The monoisotopic (exact) mass is 444 g/mol. The van der Waals surface area contributed by atoms with E-state index in [9.17, 15) is 0 Å². The highest BCUT2D eigenvalue weighted by Crippen LogP contribution is 2.29. The molecule has 2 aromatic carbocycles. The molecule has 0 aliphatic heterocycles. The van der Waals surface area contributed by atoms with Crippen LogP contribution in [0.25, 0.3) is 11.1 Å². The van der Waals surface area contributed by atoms with E-state index < -0.39 is 0 Å². The van der Waals surface area contributed by atoms with E-state index in [1.165, 1.54) is 25.8 Å². The Labute approximate surface area is 196 Å². The van der Waals surface area contributed by atoms with Gasteiger partial charge in [-0.2, -0.15) is 0 Å². The van der Waals surface area contributed by atoms with Gasteiger partial charge in [0.1, 0.15) is 18.1 Å². The molecule has 32 heavy (non-hydrogen) atoms. The Kier molecular flexibility index (Phi) is 7.82. The zero-order valence-electron chi connectivity index (χ0n) is 18.6. The van der Waals surface area contributed by atoms with Crippen LogP contribution in [0.1, 0.15) is 37.4 Å². The van der Waals surface area contributed by atoms with Crippen molar-refractivity contribution >= 4 is 11.6 Å². The third-order valence-electron chi connectivity index (χ3n) is 5.56. The topological polar surface area (TPSA) is 25.4 Å². The molecule has 3 nitrogen and oxygen atoms in total. The molecule has 1 aromatic heterocycles. The van der Waals surface area contributed by atoms with E-state index in [0.717, 1.165) is 58.8 Å². The molecule has 1 aliphatic carbocycles. The van der Waals surface area contributed by atoms with Gasteiger partial charge in [-0.15, -0.1) is 0 Å². The molecule has 1 saturated carbocycles. The molecule has 0 amide bonds. The Balaban J connectivity index is 1.28. The second-order valence-corrected chi connectivity index (χ2v) is 8.74. The second kappa shape index (κ2) is 11.2. The van der Waals surface area contributed by atoms with E-state index in [0.29, 0.717) is 0 Å². The fourth-order valence-corrected chi connectivity index (χ4v) is 3.75. The SMILES string of the molecule is CCCN(CCOc1ccc(C#Cc2ccc(-c3ccc(Cl)cc3)cn2)cc1)CC1CC1. The van der Waals surface area contributed by atoms with Crippen LogP contribution in [0.3, 0.4) is 0 Å². The molecule has 1 fully saturated rings. The van der Waals surface area contributed by atoms with Crippen LogP contribution >= 0.6 is 11.6 Å². The van der Waals surface area contributed by atoms with Crippen LogP contribution in [0.15, 0.2) is 66.9 Å². The van der Waals surface area contributed by atoms with Crippen LogP contribution in [0, 0.1) is 17.8 Å². The van der Waals surface area contributed by atoms with E-state index >= 15 is 0 Å². The smallest absolute Gasteiger partial charge is 0.119 e. The predicted molar refractivity (Wildman–Crippen MR) is 132 cm³/mol. The van der Waals surface area contributed by atoms with Crippen LogP contribution in [0.2, 0.25) is 5.02 Å². The molecule has 4 heteroatoms. The van der Waals surface area contributed by atoms with Crippen molar-refractivity contribution < 1.29 is 4.74 Å². The number of hydrogen-bond donors (Lipinski definition) is 0. The van der Waals surface area contributed by atoms with Crippen LogP contribution in [-0.4, -0.2) is 36.1 Å². The maximum atomic E-state index is 5.96. The fourth-order valence-electron chi connectivity index (χ4n) is 3.62. The number of rotatable bonds is 9. The summed E-state index contributed by atoms with van der Waals surface area (Å²) < 4.78 is 5.95. The minimum absolute atomic E-state index is 0.724. The van der Waals surface area contributed by atoms with Gasteiger partial charge in [0, 0.05) is 35.4 Å². The maximum absolute atomic E-state index is 5.96. The van der Waals surface area contributed by atoms with E-state index in [1.54, 1.807) is 0 Å². The molecule has 1 aliphatic rings. The van der Waals surface area contributed by atoms with Gasteiger partial charge in [0.25, 0.3) is 0 Å². The fraction of sp³-hybridized carbons (Fsp3) is 0.321. The van der Waals surface area contributed by atoms with E-state index in [-0.39, 0.29) is 0 Å². The molecular formula is C28H29ClN2O. The van der Waals surface area contributed by atoms with Gasteiger partial charge in [-0.1, -0.05) is 42.6 Å². The molecule has 4 rings (SSSR count). The van der Waals surface area contributed by atoms with Crippen molar-refractivity contribution in [2.45, 2.75) is 26.2 Å². The average molecular weight is 445 g/mol. The Morgan fingerprint density at radius 3 is 2.34 bits per heavy atom. The first-order chi connectivity index (χ1) is 15.7. The lowest BCUT2D eigenvalue weighted by molar-refractivity contribution is 0.203. The number of pyridine rings is 1. The van der Waals surface area contributed by atoms with Crippen LogP contribution in [0.5, 0.6) is 5.75 Å². The third kappa shape index (κ3) is 6.85. The summed E-state index contributed by atoms with van der Waals surface area (Å²) in [7, 11) is 0. The molecule has 0 N–H and O–H groups in total. The maximum Gasteiger partial charge on any atom is 0.119 e. The van der Waals surface area contributed by atoms with Crippen LogP contribution in [-0.2, 0) is 0 Å². The quantitative estimate of drug-likeness (QED) is 0.362. The van der Waals surface area contributed by atoms with Crippen molar-refractivity contribution in [1.82, 2.24) is 9.88 Å². The minimum Gasteiger partial charge on any atom is -0.492 e. The molecule has 0 radical (unpaired) electrons. The summed E-state index contributed by atoms with van der Waals surface area (Å²) in [4.78, 5) is 7.00. The van der Waals surface area contributed by atoms with Crippen molar-refractivity contribution in [2.24, 2.45) is 5.92 Å². The number of nitrogens with zero attached hydrogens (tertiary/aromatic N) is 2. The number of benzene rings is 2. The predicted octanol–water partition coefficient (Wildman–Crippen LogP) is 6.30. The Morgan fingerprint density at radius 2 is 1.69 bits per heavy atom. The van der Waals surface area contributed by atoms with Gasteiger partial charge >= 0.3 is 0 Å². The molecule has 0 bridgehead atoms. The summed E-state index contributed by atoms with van der Waals surface area (Å²) in [6, 6.07) is 19.7. The number of halogens is 1. The molecule has 0 spiro atoms. The molecule has 0 saturated heterocycles. The van der Waals surface area contributed by atoms with E-state index in [2.05, 4.69) is 28.6 Å². The van der Waals surface area contributed by atoms with Crippen molar-refractivity contribution in [3.05, 3.63) is 83.1 Å². The van der Waals surface area contributed by atoms with Gasteiger partial charge in [-0.25, -0.2) is 4.98 Å². The van der Waals surface area contributed by atoms with Gasteiger partial charge in [0.05, 0.1) is 0 Å².